The smallest absolute Gasteiger partial charge is 0.119 e. The average Bonchev–Trinajstić information content (AvgIpc) is 2.96. The molecule has 0 aliphatic carbocycles. The van der Waals surface area contributed by atoms with E-state index >= 15 is 0 Å². The van der Waals surface area contributed by atoms with Crippen LogP contribution >= 0.6 is 0 Å². The summed E-state index contributed by atoms with van der Waals surface area (Å²) in [5, 5.41) is 11.6. The van der Waals surface area contributed by atoms with Crippen molar-refractivity contribution >= 4 is 16.6 Å². The Morgan fingerprint density at radius 1 is 1.15 bits per heavy atom. The third kappa shape index (κ3) is 2.59. The van der Waals surface area contributed by atoms with Crippen LogP contribution in [-0.4, -0.2) is 16.8 Å². The summed E-state index contributed by atoms with van der Waals surface area (Å²) in [7, 11) is 0. The van der Waals surface area contributed by atoms with Crippen molar-refractivity contribution in [2.45, 2.75) is 13.5 Å². The number of aromatic amines is 1. The molecule has 1 aromatic heterocycles. The van der Waals surface area contributed by atoms with Crippen LogP contribution in [0, 0.1) is 0 Å². The second-order valence-electron chi connectivity index (χ2n) is 4.57. The highest BCUT2D eigenvalue weighted by atomic mass is 16.5. The van der Waals surface area contributed by atoms with E-state index in [0.717, 1.165) is 28.9 Å². The van der Waals surface area contributed by atoms with Crippen molar-refractivity contribution in [2.75, 3.05) is 11.9 Å². The van der Waals surface area contributed by atoms with Crippen molar-refractivity contribution in [3.05, 3.63) is 54.2 Å². The highest BCUT2D eigenvalue weighted by molar-refractivity contribution is 5.90. The minimum absolute atomic E-state index is 0.695. The van der Waals surface area contributed by atoms with E-state index in [-0.39, 0.29) is 0 Å². The van der Waals surface area contributed by atoms with Gasteiger partial charge in [-0.15, -0.1) is 0 Å². The third-order valence-corrected chi connectivity index (χ3v) is 3.20. The van der Waals surface area contributed by atoms with E-state index in [4.69, 9.17) is 4.74 Å². The zero-order chi connectivity index (χ0) is 13.8. The quantitative estimate of drug-likeness (QED) is 0.743. The molecule has 1 heterocycles. The summed E-state index contributed by atoms with van der Waals surface area (Å²) in [5.41, 5.74) is 3.35. The van der Waals surface area contributed by atoms with Gasteiger partial charge in [-0.2, -0.15) is 5.10 Å². The first-order valence-electron chi connectivity index (χ1n) is 6.74. The molecule has 0 saturated carbocycles. The first kappa shape index (κ1) is 12.5. The molecule has 3 rings (SSSR count). The second kappa shape index (κ2) is 5.65. The molecule has 0 fully saturated rings. The Morgan fingerprint density at radius 2 is 2.00 bits per heavy atom. The summed E-state index contributed by atoms with van der Waals surface area (Å²) in [6, 6.07) is 14.2. The maximum absolute atomic E-state index is 5.44. The maximum Gasteiger partial charge on any atom is 0.119 e. The number of H-pyrrole nitrogens is 1. The molecule has 4 heteroatoms. The maximum atomic E-state index is 5.44. The van der Waals surface area contributed by atoms with Crippen LogP contribution in [0.1, 0.15) is 12.5 Å². The first-order chi connectivity index (χ1) is 9.86. The summed E-state index contributed by atoms with van der Waals surface area (Å²) in [6.45, 7) is 3.46. The standard InChI is InChI=1S/C16H17N3O/c1-2-20-13-8-6-12(7-9-13)10-17-15-4-3-5-16-14(15)11-18-19-16/h3-9,11,17H,2,10H2,1H3,(H,18,19). The van der Waals surface area contributed by atoms with E-state index in [1.165, 1.54) is 5.56 Å². The molecular weight excluding hydrogens is 250 g/mol. The lowest BCUT2D eigenvalue weighted by Gasteiger charge is -2.08. The number of nitrogens with one attached hydrogen (secondary N) is 2. The molecular formula is C16H17N3O. The molecule has 0 amide bonds. The Labute approximate surface area is 117 Å². The number of fused-ring (bicyclic) bond motifs is 1. The first-order valence-corrected chi connectivity index (χ1v) is 6.74. The van der Waals surface area contributed by atoms with Crippen LogP contribution < -0.4 is 10.1 Å². The molecule has 2 aromatic carbocycles. The predicted molar refractivity (Wildman–Crippen MR) is 81.0 cm³/mol. The highest BCUT2D eigenvalue weighted by Gasteiger charge is 2.02. The molecule has 102 valence electrons. The largest absolute Gasteiger partial charge is 0.494 e. The Morgan fingerprint density at radius 3 is 2.80 bits per heavy atom. The molecule has 0 unspecified atom stereocenters. The van der Waals surface area contributed by atoms with Crippen molar-refractivity contribution < 1.29 is 4.74 Å². The van der Waals surface area contributed by atoms with E-state index in [0.29, 0.717) is 6.61 Å². The molecule has 0 radical (unpaired) electrons. The van der Waals surface area contributed by atoms with Crippen LogP contribution in [0.3, 0.4) is 0 Å². The van der Waals surface area contributed by atoms with Gasteiger partial charge in [-0.3, -0.25) is 5.10 Å². The number of hydrogen-bond acceptors (Lipinski definition) is 3. The summed E-state index contributed by atoms with van der Waals surface area (Å²) in [4.78, 5) is 0. The molecule has 0 atom stereocenters. The summed E-state index contributed by atoms with van der Waals surface area (Å²) in [6.07, 6.45) is 1.84. The van der Waals surface area contributed by atoms with E-state index in [2.05, 4.69) is 33.7 Å². The predicted octanol–water partition coefficient (Wildman–Crippen LogP) is 3.57. The number of nitrogens with zero attached hydrogens (tertiary/aromatic N) is 1. The van der Waals surface area contributed by atoms with Crippen LogP contribution in [0.2, 0.25) is 0 Å². The highest BCUT2D eigenvalue weighted by Crippen LogP contribution is 2.22. The van der Waals surface area contributed by atoms with Crippen LogP contribution in [0.5, 0.6) is 5.75 Å². The minimum Gasteiger partial charge on any atom is -0.494 e. The topological polar surface area (TPSA) is 49.9 Å². The van der Waals surface area contributed by atoms with Gasteiger partial charge in [0.1, 0.15) is 5.75 Å². The van der Waals surface area contributed by atoms with Crippen molar-refractivity contribution in [3.8, 4) is 5.75 Å². The molecule has 2 N–H and O–H groups in total. The monoisotopic (exact) mass is 267 g/mol. The third-order valence-electron chi connectivity index (χ3n) is 3.20. The van der Waals surface area contributed by atoms with Gasteiger partial charge in [-0.05, 0) is 36.8 Å². The number of aromatic nitrogens is 2. The summed E-state index contributed by atoms with van der Waals surface area (Å²) in [5.74, 6) is 0.910. The SMILES string of the molecule is CCOc1ccc(CNc2cccc3[nH]ncc23)cc1. The van der Waals surface area contributed by atoms with Gasteiger partial charge in [0.2, 0.25) is 0 Å². The van der Waals surface area contributed by atoms with Crippen LogP contribution in [0.25, 0.3) is 10.9 Å². The Balaban J connectivity index is 1.71. The lowest BCUT2D eigenvalue weighted by Crippen LogP contribution is -1.99. The molecule has 20 heavy (non-hydrogen) atoms. The van der Waals surface area contributed by atoms with Crippen molar-refractivity contribution in [2.24, 2.45) is 0 Å². The number of benzene rings is 2. The molecule has 3 aromatic rings. The van der Waals surface area contributed by atoms with E-state index in [9.17, 15) is 0 Å². The van der Waals surface area contributed by atoms with E-state index in [1.54, 1.807) is 0 Å². The van der Waals surface area contributed by atoms with Gasteiger partial charge in [0, 0.05) is 17.6 Å². The van der Waals surface area contributed by atoms with Gasteiger partial charge in [0.05, 0.1) is 18.3 Å². The van der Waals surface area contributed by atoms with Gasteiger partial charge >= 0.3 is 0 Å². The van der Waals surface area contributed by atoms with Gasteiger partial charge < -0.3 is 10.1 Å². The second-order valence-corrected chi connectivity index (χ2v) is 4.57. The van der Waals surface area contributed by atoms with Crippen molar-refractivity contribution in [3.63, 3.8) is 0 Å². The Kier molecular flexibility index (Phi) is 3.54. The minimum atomic E-state index is 0.695. The van der Waals surface area contributed by atoms with Gasteiger partial charge in [-0.25, -0.2) is 0 Å². The van der Waals surface area contributed by atoms with Crippen LogP contribution in [0.4, 0.5) is 5.69 Å². The van der Waals surface area contributed by atoms with Gasteiger partial charge in [-0.1, -0.05) is 18.2 Å². The molecule has 0 spiro atoms. The molecule has 0 aliphatic heterocycles. The van der Waals surface area contributed by atoms with Crippen molar-refractivity contribution in [1.29, 1.82) is 0 Å². The molecule has 0 saturated heterocycles. The summed E-state index contributed by atoms with van der Waals surface area (Å²) >= 11 is 0. The Hall–Kier alpha value is -2.49. The van der Waals surface area contributed by atoms with Gasteiger partial charge in [0.25, 0.3) is 0 Å². The number of anilines is 1. The van der Waals surface area contributed by atoms with Crippen molar-refractivity contribution in [1.82, 2.24) is 10.2 Å². The average molecular weight is 267 g/mol. The Bertz CT molecular complexity index is 688. The molecule has 4 nitrogen and oxygen atoms in total. The fourth-order valence-electron chi connectivity index (χ4n) is 2.19. The lowest BCUT2D eigenvalue weighted by atomic mass is 10.2. The van der Waals surface area contributed by atoms with E-state index in [1.807, 2.05) is 37.4 Å². The fraction of sp³-hybridized carbons (Fsp3) is 0.188. The number of ether oxygens (including phenoxy) is 1. The zero-order valence-corrected chi connectivity index (χ0v) is 11.4. The van der Waals surface area contributed by atoms with Crippen LogP contribution in [-0.2, 0) is 6.54 Å². The zero-order valence-electron chi connectivity index (χ0n) is 11.4. The molecule has 0 bridgehead atoms. The normalized spacial score (nSPS) is 10.7. The van der Waals surface area contributed by atoms with Crippen LogP contribution in [0.15, 0.2) is 48.7 Å². The lowest BCUT2D eigenvalue weighted by molar-refractivity contribution is 0.340. The fourth-order valence-corrected chi connectivity index (χ4v) is 2.19. The van der Waals surface area contributed by atoms with Gasteiger partial charge in [0.15, 0.2) is 0 Å². The summed E-state index contributed by atoms with van der Waals surface area (Å²) < 4.78 is 5.44. The molecule has 0 aliphatic rings. The number of rotatable bonds is 5. The number of hydrogen-bond donors (Lipinski definition) is 2. The van der Waals surface area contributed by atoms with E-state index < -0.39 is 0 Å².